The fourth-order valence-electron chi connectivity index (χ4n) is 4.90. The summed E-state index contributed by atoms with van der Waals surface area (Å²) < 4.78 is 0. The smallest absolute Gasteiger partial charge is 0.0559 e. The lowest BCUT2D eigenvalue weighted by atomic mass is 9.93. The molecule has 2 aromatic heterocycles. The van der Waals surface area contributed by atoms with Crippen molar-refractivity contribution in [3.63, 3.8) is 0 Å². The van der Waals surface area contributed by atoms with Crippen molar-refractivity contribution in [3.05, 3.63) is 60.9 Å². The Kier molecular flexibility index (Phi) is 3.14. The Bertz CT molecular complexity index is 1160. The lowest BCUT2D eigenvalue weighted by molar-refractivity contribution is 0.0827. The molecule has 1 N–H and O–H groups in total. The van der Waals surface area contributed by atoms with Gasteiger partial charge in [0.2, 0.25) is 0 Å². The molecule has 2 saturated heterocycles. The number of aromatic amines is 1. The van der Waals surface area contributed by atoms with E-state index < -0.39 is 0 Å². The number of fused-ring (bicyclic) bond motifs is 4. The molecule has 27 heavy (non-hydrogen) atoms. The second kappa shape index (κ2) is 5.57. The molecule has 4 aromatic rings. The molecule has 2 aromatic carbocycles. The summed E-state index contributed by atoms with van der Waals surface area (Å²) in [4.78, 5) is 13.0. The van der Waals surface area contributed by atoms with Crippen molar-refractivity contribution in [2.24, 2.45) is 5.92 Å². The van der Waals surface area contributed by atoms with Crippen LogP contribution in [0.25, 0.3) is 32.9 Å². The van der Waals surface area contributed by atoms with Gasteiger partial charge < -0.3 is 14.8 Å². The topological polar surface area (TPSA) is 35.2 Å². The summed E-state index contributed by atoms with van der Waals surface area (Å²) in [5.74, 6) is 0.821. The van der Waals surface area contributed by atoms with Gasteiger partial charge in [0.05, 0.1) is 11.9 Å². The van der Waals surface area contributed by atoms with E-state index in [0.29, 0.717) is 0 Å². The van der Waals surface area contributed by atoms with Crippen LogP contribution >= 0.6 is 0 Å². The Labute approximate surface area is 158 Å². The van der Waals surface area contributed by atoms with E-state index in [9.17, 15) is 0 Å². The molecular weight excluding hydrogens is 332 g/mol. The van der Waals surface area contributed by atoms with Gasteiger partial charge in [-0.2, -0.15) is 0 Å². The quantitative estimate of drug-likeness (QED) is 0.588. The van der Waals surface area contributed by atoms with Crippen LogP contribution in [0.5, 0.6) is 0 Å². The van der Waals surface area contributed by atoms with Crippen molar-refractivity contribution in [1.29, 1.82) is 0 Å². The minimum Gasteiger partial charge on any atom is -0.368 e. The highest BCUT2D eigenvalue weighted by atomic mass is 15.3. The Morgan fingerprint density at radius 3 is 2.67 bits per heavy atom. The van der Waals surface area contributed by atoms with E-state index in [4.69, 9.17) is 0 Å². The highest BCUT2D eigenvalue weighted by molar-refractivity contribution is 6.08. The molecule has 4 nitrogen and oxygen atoms in total. The molecule has 6 rings (SSSR count). The highest BCUT2D eigenvalue weighted by Gasteiger charge is 2.43. The summed E-state index contributed by atoms with van der Waals surface area (Å²) in [5, 5.41) is 2.55. The maximum Gasteiger partial charge on any atom is 0.0559 e. The maximum absolute atomic E-state index is 4.56. The molecule has 0 saturated carbocycles. The molecule has 4 heteroatoms. The average Bonchev–Trinajstić information content (AvgIpc) is 3.25. The van der Waals surface area contributed by atoms with E-state index in [-0.39, 0.29) is 0 Å². The van der Waals surface area contributed by atoms with Crippen LogP contribution in [0.15, 0.2) is 60.9 Å². The third-order valence-corrected chi connectivity index (χ3v) is 6.42. The molecule has 134 valence electrons. The molecule has 0 bridgehead atoms. The largest absolute Gasteiger partial charge is 0.368 e. The first kappa shape index (κ1) is 15.2. The lowest BCUT2D eigenvalue weighted by Gasteiger charge is -2.40. The molecule has 0 unspecified atom stereocenters. The minimum absolute atomic E-state index is 0.719. The van der Waals surface area contributed by atoms with E-state index in [1.807, 2.05) is 12.4 Å². The van der Waals surface area contributed by atoms with Crippen molar-refractivity contribution in [2.75, 3.05) is 31.6 Å². The van der Waals surface area contributed by atoms with E-state index >= 15 is 0 Å². The number of aromatic nitrogens is 2. The zero-order valence-corrected chi connectivity index (χ0v) is 15.4. The highest BCUT2D eigenvalue weighted by Crippen LogP contribution is 2.35. The second-order valence-electron chi connectivity index (χ2n) is 8.03. The molecule has 2 aliphatic rings. The van der Waals surface area contributed by atoms with Crippen LogP contribution in [-0.4, -0.2) is 47.6 Å². The van der Waals surface area contributed by atoms with Gasteiger partial charge in [0.1, 0.15) is 0 Å². The molecule has 0 aliphatic carbocycles. The number of likely N-dealkylation sites (tertiary alicyclic amines) is 1. The number of nitrogens with one attached hydrogen (secondary N) is 1. The molecule has 2 aliphatic heterocycles. The van der Waals surface area contributed by atoms with Gasteiger partial charge in [0, 0.05) is 65.2 Å². The summed E-state index contributed by atoms with van der Waals surface area (Å²) in [7, 11) is 2.23. The third-order valence-electron chi connectivity index (χ3n) is 6.42. The molecule has 0 radical (unpaired) electrons. The average molecular weight is 354 g/mol. The minimum atomic E-state index is 0.719. The van der Waals surface area contributed by atoms with E-state index in [0.717, 1.165) is 25.0 Å². The molecule has 2 fully saturated rings. The summed E-state index contributed by atoms with van der Waals surface area (Å²) >= 11 is 0. The predicted octanol–water partition coefficient (Wildman–Crippen LogP) is 4.13. The molecule has 0 amide bonds. The first-order valence-electron chi connectivity index (χ1n) is 9.67. The van der Waals surface area contributed by atoms with Crippen molar-refractivity contribution in [2.45, 2.75) is 6.04 Å². The zero-order chi connectivity index (χ0) is 18.0. The predicted molar refractivity (Wildman–Crippen MR) is 111 cm³/mol. The van der Waals surface area contributed by atoms with Crippen molar-refractivity contribution in [3.8, 4) is 11.1 Å². The van der Waals surface area contributed by atoms with Crippen LogP contribution in [0.1, 0.15) is 0 Å². The van der Waals surface area contributed by atoms with Gasteiger partial charge >= 0.3 is 0 Å². The first-order valence-corrected chi connectivity index (χ1v) is 9.67. The maximum atomic E-state index is 4.56. The van der Waals surface area contributed by atoms with Crippen LogP contribution in [-0.2, 0) is 0 Å². The summed E-state index contributed by atoms with van der Waals surface area (Å²) in [5.41, 5.74) is 6.03. The SMILES string of the molecule is CN1C[C@@H]2CN(c3cncc(-c4ccc5[nH]c6ccccc6c5c4)c3)C[C@H]21. The Morgan fingerprint density at radius 2 is 1.78 bits per heavy atom. The number of H-pyrrole nitrogens is 1. The van der Waals surface area contributed by atoms with Crippen LogP contribution in [0, 0.1) is 5.92 Å². The van der Waals surface area contributed by atoms with Gasteiger partial charge in [-0.05, 0) is 36.9 Å². The summed E-state index contributed by atoms with van der Waals surface area (Å²) in [6.45, 7) is 3.50. The number of hydrogen-bond donors (Lipinski definition) is 1. The third kappa shape index (κ3) is 2.30. The number of para-hydroxylation sites is 1. The lowest BCUT2D eigenvalue weighted by Crippen LogP contribution is -2.52. The number of nitrogens with zero attached hydrogens (tertiary/aromatic N) is 3. The standard InChI is InChI=1S/C23H22N4/c1-26-12-17-13-27(14-23(17)26)18-8-16(10-24-11-18)15-6-7-22-20(9-15)19-4-2-3-5-21(19)25-22/h2-11,17,23,25H,12-14H2,1H3/t17-,23-/m1/s1. The summed E-state index contributed by atoms with van der Waals surface area (Å²) in [6.07, 6.45) is 3.99. The van der Waals surface area contributed by atoms with Gasteiger partial charge in [-0.1, -0.05) is 24.3 Å². The van der Waals surface area contributed by atoms with Crippen LogP contribution in [0.3, 0.4) is 0 Å². The Morgan fingerprint density at radius 1 is 0.889 bits per heavy atom. The molecule has 2 atom stereocenters. The number of hydrogen-bond acceptors (Lipinski definition) is 3. The molecule has 0 spiro atoms. The van der Waals surface area contributed by atoms with Crippen molar-refractivity contribution in [1.82, 2.24) is 14.9 Å². The van der Waals surface area contributed by atoms with Gasteiger partial charge in [0.15, 0.2) is 0 Å². The number of pyridine rings is 1. The second-order valence-corrected chi connectivity index (χ2v) is 8.03. The molecular formula is C23H22N4. The van der Waals surface area contributed by atoms with Gasteiger partial charge in [0.25, 0.3) is 0 Å². The Balaban J connectivity index is 1.39. The van der Waals surface area contributed by atoms with Crippen molar-refractivity contribution < 1.29 is 0 Å². The Hall–Kier alpha value is -2.85. The zero-order valence-electron chi connectivity index (χ0n) is 15.4. The first-order chi connectivity index (χ1) is 13.3. The van der Waals surface area contributed by atoms with Gasteiger partial charge in [-0.25, -0.2) is 0 Å². The number of likely N-dealkylation sites (N-methyl/N-ethyl adjacent to an activating group) is 1. The van der Waals surface area contributed by atoms with Gasteiger partial charge in [-0.3, -0.25) is 4.98 Å². The number of anilines is 1. The fourth-order valence-corrected chi connectivity index (χ4v) is 4.90. The van der Waals surface area contributed by atoms with E-state index in [1.165, 1.54) is 45.2 Å². The molecule has 4 heterocycles. The fraction of sp³-hybridized carbons (Fsp3) is 0.261. The number of benzene rings is 2. The van der Waals surface area contributed by atoms with Crippen LogP contribution < -0.4 is 4.90 Å². The number of rotatable bonds is 2. The van der Waals surface area contributed by atoms with Crippen LogP contribution in [0.2, 0.25) is 0 Å². The van der Waals surface area contributed by atoms with E-state index in [2.05, 4.69) is 75.3 Å². The van der Waals surface area contributed by atoms with Crippen molar-refractivity contribution >= 4 is 27.5 Å². The normalized spacial score (nSPS) is 22.3. The van der Waals surface area contributed by atoms with Crippen LogP contribution in [0.4, 0.5) is 5.69 Å². The monoisotopic (exact) mass is 354 g/mol. The summed E-state index contributed by atoms with van der Waals surface area (Å²) in [6, 6.07) is 18.2. The van der Waals surface area contributed by atoms with E-state index in [1.54, 1.807) is 0 Å². The van der Waals surface area contributed by atoms with Gasteiger partial charge in [-0.15, -0.1) is 0 Å².